The van der Waals surface area contributed by atoms with Gasteiger partial charge in [-0.2, -0.15) is 10.2 Å². The largest absolute Gasteiger partial charge is 0.493 e. The number of nitrogens with zero attached hydrogens (tertiary/aromatic N) is 5. The van der Waals surface area contributed by atoms with Gasteiger partial charge in [0.2, 0.25) is 4.80 Å². The van der Waals surface area contributed by atoms with Crippen LogP contribution >= 0.6 is 11.3 Å². The van der Waals surface area contributed by atoms with Crippen molar-refractivity contribution < 1.29 is 9.47 Å². The van der Waals surface area contributed by atoms with E-state index in [4.69, 9.17) is 14.6 Å². The summed E-state index contributed by atoms with van der Waals surface area (Å²) >= 11 is 1.60. The number of hydrogen-bond donors (Lipinski definition) is 0. The molecule has 7 nitrogen and oxygen atoms in total. The average molecular weight is 470 g/mol. The molecule has 0 N–H and O–H groups in total. The van der Waals surface area contributed by atoms with Gasteiger partial charge in [0.15, 0.2) is 11.5 Å². The van der Waals surface area contributed by atoms with Crippen molar-refractivity contribution in [1.82, 2.24) is 14.3 Å². The maximum absolute atomic E-state index is 5.50. The minimum absolute atomic E-state index is 0.638. The topological polar surface area (TPSA) is 65.9 Å². The monoisotopic (exact) mass is 469 g/mol. The Morgan fingerprint density at radius 3 is 2.44 bits per heavy atom. The molecule has 0 unspecified atom stereocenters. The van der Waals surface area contributed by atoms with Gasteiger partial charge in [-0.25, -0.2) is 4.68 Å². The van der Waals surface area contributed by atoms with E-state index in [2.05, 4.69) is 22.3 Å². The maximum atomic E-state index is 5.50. The molecule has 0 fully saturated rings. The molecular weight excluding hydrogens is 446 g/mol. The number of methoxy groups -OCH3 is 2. The molecular formula is C26H23N5O2S. The van der Waals surface area contributed by atoms with Crippen LogP contribution in [0.25, 0.3) is 27.2 Å². The first-order valence-corrected chi connectivity index (χ1v) is 11.5. The molecule has 0 atom stereocenters. The molecule has 0 aliphatic rings. The summed E-state index contributed by atoms with van der Waals surface area (Å²) in [7, 11) is 5.24. The van der Waals surface area contributed by atoms with Crippen LogP contribution in [0.3, 0.4) is 0 Å². The molecule has 0 saturated carbocycles. The summed E-state index contributed by atoms with van der Waals surface area (Å²) in [6, 6.07) is 23.9. The van der Waals surface area contributed by atoms with Crippen molar-refractivity contribution in [2.45, 2.75) is 0 Å². The molecule has 170 valence electrons. The molecule has 5 rings (SSSR count). The average Bonchev–Trinajstić information content (AvgIpc) is 3.45. The Bertz CT molecular complexity index is 1550. The number of fused-ring (bicyclic) bond motifs is 1. The summed E-state index contributed by atoms with van der Waals surface area (Å²) in [6.45, 7) is 0. The third kappa shape index (κ3) is 4.11. The maximum Gasteiger partial charge on any atom is 0.211 e. The summed E-state index contributed by atoms with van der Waals surface area (Å²) < 4.78 is 15.9. The van der Waals surface area contributed by atoms with E-state index in [1.807, 2.05) is 83.2 Å². The minimum Gasteiger partial charge on any atom is -0.493 e. The molecule has 34 heavy (non-hydrogen) atoms. The highest BCUT2D eigenvalue weighted by Crippen LogP contribution is 2.33. The summed E-state index contributed by atoms with van der Waals surface area (Å²) in [5.41, 5.74) is 4.58. The zero-order valence-electron chi connectivity index (χ0n) is 19.0. The second kappa shape index (κ2) is 9.36. The Morgan fingerprint density at radius 2 is 1.68 bits per heavy atom. The van der Waals surface area contributed by atoms with Gasteiger partial charge >= 0.3 is 0 Å². The van der Waals surface area contributed by atoms with E-state index < -0.39 is 0 Å². The van der Waals surface area contributed by atoms with Crippen LogP contribution in [0, 0.1) is 0 Å². The van der Waals surface area contributed by atoms with Crippen molar-refractivity contribution in [1.29, 1.82) is 0 Å². The van der Waals surface area contributed by atoms with Crippen molar-refractivity contribution in [3.63, 3.8) is 0 Å². The van der Waals surface area contributed by atoms with Crippen LogP contribution in [0.15, 0.2) is 89.2 Å². The lowest BCUT2D eigenvalue weighted by Crippen LogP contribution is -2.08. The number of rotatable bonds is 6. The second-order valence-corrected chi connectivity index (χ2v) is 8.55. The quantitative estimate of drug-likeness (QED) is 0.258. The molecule has 2 aromatic heterocycles. The van der Waals surface area contributed by atoms with Crippen LogP contribution in [0.4, 0.5) is 0 Å². The van der Waals surface area contributed by atoms with Crippen molar-refractivity contribution >= 4 is 27.8 Å². The standard InChI is InChI=1S/C26H23N5O2S/c1-30-21-11-7-8-12-24(21)34-26(30)28-27-16-19-17-31(20-9-5-4-6-10-20)29-25(19)18-13-14-22(32-2)23(15-18)33-3/h4-17H,1-3H3/b27-16-,28-26+. The third-order valence-electron chi connectivity index (χ3n) is 5.48. The van der Waals surface area contributed by atoms with Gasteiger partial charge in [0, 0.05) is 24.4 Å². The fraction of sp³-hybridized carbons (Fsp3) is 0.115. The van der Waals surface area contributed by atoms with E-state index in [9.17, 15) is 0 Å². The van der Waals surface area contributed by atoms with Crippen LogP contribution in [0.5, 0.6) is 11.5 Å². The molecule has 0 spiro atoms. The Hall–Kier alpha value is -4.17. The van der Waals surface area contributed by atoms with Crippen molar-refractivity contribution in [2.24, 2.45) is 17.3 Å². The van der Waals surface area contributed by atoms with Crippen molar-refractivity contribution in [3.8, 4) is 28.4 Å². The van der Waals surface area contributed by atoms with Gasteiger partial charge in [0.1, 0.15) is 5.69 Å². The minimum atomic E-state index is 0.638. The van der Waals surface area contributed by atoms with E-state index in [1.165, 1.54) is 4.70 Å². The molecule has 0 bridgehead atoms. The fourth-order valence-electron chi connectivity index (χ4n) is 3.72. The smallest absolute Gasteiger partial charge is 0.211 e. The van der Waals surface area contributed by atoms with Gasteiger partial charge in [0.05, 0.1) is 36.3 Å². The molecule has 0 saturated heterocycles. The molecule has 3 aromatic carbocycles. The molecule has 5 aromatic rings. The van der Waals surface area contributed by atoms with Gasteiger partial charge in [-0.1, -0.05) is 41.7 Å². The SMILES string of the molecule is COc1ccc(-c2nn(-c3ccccc3)cc2/C=N\N=c2\sc3ccccc3n2C)cc1OC. The number of thiazole rings is 1. The molecule has 2 heterocycles. The first-order chi connectivity index (χ1) is 16.7. The number of hydrogen-bond acceptors (Lipinski definition) is 6. The van der Waals surface area contributed by atoms with Crippen LogP contribution in [0.1, 0.15) is 5.56 Å². The number of aromatic nitrogens is 3. The summed E-state index contributed by atoms with van der Waals surface area (Å²) in [6.07, 6.45) is 3.69. The molecule has 8 heteroatoms. The van der Waals surface area contributed by atoms with Gasteiger partial charge < -0.3 is 14.0 Å². The zero-order valence-corrected chi connectivity index (χ0v) is 19.9. The summed E-state index contributed by atoms with van der Waals surface area (Å²) in [5, 5.41) is 13.7. The Balaban J connectivity index is 1.59. The number of benzene rings is 3. The van der Waals surface area contributed by atoms with E-state index in [0.29, 0.717) is 11.5 Å². The fourth-order valence-corrected chi connectivity index (χ4v) is 4.70. The lowest BCUT2D eigenvalue weighted by atomic mass is 10.1. The van der Waals surface area contributed by atoms with Crippen LogP contribution in [-0.4, -0.2) is 34.8 Å². The van der Waals surface area contributed by atoms with E-state index in [1.54, 1.807) is 31.8 Å². The lowest BCUT2D eigenvalue weighted by molar-refractivity contribution is 0.355. The number of para-hydroxylation sites is 2. The lowest BCUT2D eigenvalue weighted by Gasteiger charge is -2.08. The summed E-state index contributed by atoms with van der Waals surface area (Å²) in [5.74, 6) is 1.30. The second-order valence-electron chi connectivity index (χ2n) is 7.54. The number of aryl methyl sites for hydroxylation is 1. The molecule has 0 aliphatic heterocycles. The molecule has 0 amide bonds. The Kier molecular flexibility index (Phi) is 5.97. The van der Waals surface area contributed by atoms with Crippen LogP contribution < -0.4 is 14.3 Å². The van der Waals surface area contributed by atoms with Gasteiger partial charge in [-0.05, 0) is 42.5 Å². The predicted molar refractivity (Wildman–Crippen MR) is 136 cm³/mol. The van der Waals surface area contributed by atoms with Gasteiger partial charge in [-0.3, -0.25) is 0 Å². The van der Waals surface area contributed by atoms with E-state index >= 15 is 0 Å². The first-order valence-electron chi connectivity index (χ1n) is 10.7. The molecule has 0 aliphatic carbocycles. The highest BCUT2D eigenvalue weighted by atomic mass is 32.1. The third-order valence-corrected chi connectivity index (χ3v) is 6.58. The Morgan fingerprint density at radius 1 is 0.912 bits per heavy atom. The number of ether oxygens (including phenoxy) is 2. The Labute approximate surface area is 200 Å². The van der Waals surface area contributed by atoms with Crippen molar-refractivity contribution in [2.75, 3.05) is 14.2 Å². The normalized spacial score (nSPS) is 12.0. The van der Waals surface area contributed by atoms with E-state index in [-0.39, 0.29) is 0 Å². The van der Waals surface area contributed by atoms with Gasteiger partial charge in [-0.15, -0.1) is 5.10 Å². The first kappa shape index (κ1) is 21.7. The summed E-state index contributed by atoms with van der Waals surface area (Å²) in [4.78, 5) is 0.820. The van der Waals surface area contributed by atoms with E-state index in [0.717, 1.165) is 32.8 Å². The van der Waals surface area contributed by atoms with Crippen LogP contribution in [-0.2, 0) is 7.05 Å². The zero-order chi connectivity index (χ0) is 23.5. The van der Waals surface area contributed by atoms with Gasteiger partial charge in [0.25, 0.3) is 0 Å². The highest BCUT2D eigenvalue weighted by molar-refractivity contribution is 7.16. The highest BCUT2D eigenvalue weighted by Gasteiger charge is 2.14. The predicted octanol–water partition coefficient (Wildman–Crippen LogP) is 5.04. The van der Waals surface area contributed by atoms with Crippen molar-refractivity contribution in [3.05, 3.63) is 89.4 Å². The van der Waals surface area contributed by atoms with Crippen LogP contribution in [0.2, 0.25) is 0 Å². The molecule has 0 radical (unpaired) electrons.